The quantitative estimate of drug-likeness (QED) is 0.580. The van der Waals surface area contributed by atoms with Gasteiger partial charge in [-0.3, -0.25) is 4.72 Å². The highest BCUT2D eigenvalue weighted by Crippen LogP contribution is 2.29. The summed E-state index contributed by atoms with van der Waals surface area (Å²) in [5.74, 6) is 2.13. The third-order valence-electron chi connectivity index (χ3n) is 3.80. The van der Waals surface area contributed by atoms with Gasteiger partial charge < -0.3 is 14.2 Å². The molecule has 0 saturated heterocycles. The van der Waals surface area contributed by atoms with Gasteiger partial charge in [-0.15, -0.1) is 0 Å². The van der Waals surface area contributed by atoms with Crippen molar-refractivity contribution in [1.29, 1.82) is 0 Å². The summed E-state index contributed by atoms with van der Waals surface area (Å²) in [6, 6.07) is 23.0. The first-order valence-electron chi connectivity index (χ1n) is 8.65. The molecule has 0 bridgehead atoms. The standard InChI is InChI=1S/C21H21NO5S/c1-25-17-11-13-18(14-12-17)26-15-16-28(23,24)22-20-9-5-6-10-21(20)27-19-7-3-2-4-8-19/h2-14,22H,15-16H2,1H3. The van der Waals surface area contributed by atoms with E-state index in [0.29, 0.717) is 28.7 Å². The Balaban J connectivity index is 1.60. The number of anilines is 1. The van der Waals surface area contributed by atoms with Crippen LogP contribution in [-0.4, -0.2) is 27.9 Å². The highest BCUT2D eigenvalue weighted by atomic mass is 32.2. The number of benzene rings is 3. The highest BCUT2D eigenvalue weighted by molar-refractivity contribution is 7.92. The Morgan fingerprint density at radius 2 is 1.43 bits per heavy atom. The summed E-state index contributed by atoms with van der Waals surface area (Å²) >= 11 is 0. The van der Waals surface area contributed by atoms with Gasteiger partial charge in [0.2, 0.25) is 10.0 Å². The summed E-state index contributed by atoms with van der Waals surface area (Å²) < 4.78 is 43.8. The van der Waals surface area contributed by atoms with Gasteiger partial charge >= 0.3 is 0 Å². The zero-order chi connectivity index (χ0) is 19.8. The van der Waals surface area contributed by atoms with Crippen molar-refractivity contribution in [2.75, 3.05) is 24.2 Å². The fourth-order valence-electron chi connectivity index (χ4n) is 2.42. The minimum Gasteiger partial charge on any atom is -0.497 e. The normalized spacial score (nSPS) is 10.9. The number of sulfonamides is 1. The monoisotopic (exact) mass is 399 g/mol. The topological polar surface area (TPSA) is 73.9 Å². The van der Waals surface area contributed by atoms with Crippen LogP contribution < -0.4 is 18.9 Å². The summed E-state index contributed by atoms with van der Waals surface area (Å²) in [5, 5.41) is 0. The van der Waals surface area contributed by atoms with Crippen LogP contribution in [-0.2, 0) is 10.0 Å². The molecule has 0 heterocycles. The molecular weight excluding hydrogens is 378 g/mol. The molecule has 3 rings (SSSR count). The van der Waals surface area contributed by atoms with E-state index in [9.17, 15) is 8.42 Å². The van der Waals surface area contributed by atoms with Crippen LogP contribution in [0, 0.1) is 0 Å². The number of nitrogens with one attached hydrogen (secondary N) is 1. The summed E-state index contributed by atoms with van der Waals surface area (Å²) in [4.78, 5) is 0. The zero-order valence-electron chi connectivity index (χ0n) is 15.4. The predicted octanol–water partition coefficient (Wildman–Crippen LogP) is 4.31. The molecule has 0 atom stereocenters. The van der Waals surface area contributed by atoms with Crippen molar-refractivity contribution >= 4 is 15.7 Å². The van der Waals surface area contributed by atoms with E-state index in [1.165, 1.54) is 0 Å². The number of methoxy groups -OCH3 is 1. The van der Waals surface area contributed by atoms with Gasteiger partial charge in [0.05, 0.1) is 12.8 Å². The minimum absolute atomic E-state index is 0.0172. The maximum absolute atomic E-state index is 12.4. The van der Waals surface area contributed by atoms with E-state index >= 15 is 0 Å². The van der Waals surface area contributed by atoms with E-state index in [4.69, 9.17) is 14.2 Å². The molecule has 0 amide bonds. The summed E-state index contributed by atoms with van der Waals surface area (Å²) in [6.45, 7) is 0.0172. The number of rotatable bonds is 9. The molecule has 0 unspecified atom stereocenters. The Bertz CT molecular complexity index is 989. The summed E-state index contributed by atoms with van der Waals surface area (Å²) in [7, 11) is -2.04. The Morgan fingerprint density at radius 3 is 2.14 bits per heavy atom. The van der Waals surface area contributed by atoms with Crippen molar-refractivity contribution in [3.63, 3.8) is 0 Å². The van der Waals surface area contributed by atoms with E-state index in [2.05, 4.69) is 4.72 Å². The smallest absolute Gasteiger partial charge is 0.236 e. The molecule has 0 aliphatic heterocycles. The Labute approximate surface area is 164 Å². The summed E-state index contributed by atoms with van der Waals surface area (Å²) in [6.07, 6.45) is 0. The van der Waals surface area contributed by atoms with Crippen LogP contribution >= 0.6 is 0 Å². The van der Waals surface area contributed by atoms with Crippen molar-refractivity contribution < 1.29 is 22.6 Å². The van der Waals surface area contributed by atoms with E-state index in [1.54, 1.807) is 67.8 Å². The zero-order valence-corrected chi connectivity index (χ0v) is 16.2. The first-order valence-corrected chi connectivity index (χ1v) is 10.3. The lowest BCUT2D eigenvalue weighted by atomic mass is 10.3. The van der Waals surface area contributed by atoms with Gasteiger partial charge in [0.1, 0.15) is 29.6 Å². The molecule has 146 valence electrons. The average Bonchev–Trinajstić information content (AvgIpc) is 2.70. The second-order valence-electron chi connectivity index (χ2n) is 5.86. The Kier molecular flexibility index (Phi) is 6.39. The van der Waals surface area contributed by atoms with Gasteiger partial charge in [0, 0.05) is 0 Å². The van der Waals surface area contributed by atoms with Gasteiger partial charge in [-0.2, -0.15) is 0 Å². The lowest BCUT2D eigenvalue weighted by Gasteiger charge is -2.13. The van der Waals surface area contributed by atoms with Crippen LogP contribution in [0.5, 0.6) is 23.0 Å². The molecule has 0 fully saturated rings. The second kappa shape index (κ2) is 9.14. The Morgan fingerprint density at radius 1 is 0.786 bits per heavy atom. The largest absolute Gasteiger partial charge is 0.497 e. The van der Waals surface area contributed by atoms with E-state index in [0.717, 1.165) is 0 Å². The maximum atomic E-state index is 12.4. The SMILES string of the molecule is COc1ccc(OCCS(=O)(=O)Nc2ccccc2Oc2ccccc2)cc1. The molecule has 0 radical (unpaired) electrons. The molecule has 3 aromatic carbocycles. The molecular formula is C21H21NO5S. The summed E-state index contributed by atoms with van der Waals surface area (Å²) in [5.41, 5.74) is 0.371. The molecule has 0 aromatic heterocycles. The lowest BCUT2D eigenvalue weighted by Crippen LogP contribution is -2.21. The minimum atomic E-state index is -3.61. The molecule has 0 spiro atoms. The molecule has 0 aliphatic carbocycles. The van der Waals surface area contributed by atoms with Crippen molar-refractivity contribution in [1.82, 2.24) is 0 Å². The van der Waals surface area contributed by atoms with E-state index in [1.807, 2.05) is 18.2 Å². The van der Waals surface area contributed by atoms with Gasteiger partial charge in [0.15, 0.2) is 5.75 Å². The third-order valence-corrected chi connectivity index (χ3v) is 5.04. The third kappa shape index (κ3) is 5.65. The molecule has 6 nitrogen and oxygen atoms in total. The number of hydrogen-bond acceptors (Lipinski definition) is 5. The average molecular weight is 399 g/mol. The van der Waals surface area contributed by atoms with Crippen LogP contribution in [0.2, 0.25) is 0 Å². The number of ether oxygens (including phenoxy) is 3. The predicted molar refractivity (Wildman–Crippen MR) is 109 cm³/mol. The van der Waals surface area contributed by atoms with Gasteiger partial charge in [-0.25, -0.2) is 8.42 Å². The van der Waals surface area contributed by atoms with E-state index in [-0.39, 0.29) is 12.4 Å². The van der Waals surface area contributed by atoms with Crippen LogP contribution in [0.1, 0.15) is 0 Å². The van der Waals surface area contributed by atoms with Gasteiger partial charge in [-0.05, 0) is 48.5 Å². The van der Waals surface area contributed by atoms with Gasteiger partial charge in [0.25, 0.3) is 0 Å². The number of hydrogen-bond donors (Lipinski definition) is 1. The van der Waals surface area contributed by atoms with Crippen molar-refractivity contribution in [3.8, 4) is 23.0 Å². The molecule has 7 heteroatoms. The second-order valence-corrected chi connectivity index (χ2v) is 7.70. The van der Waals surface area contributed by atoms with Crippen molar-refractivity contribution in [3.05, 3.63) is 78.9 Å². The van der Waals surface area contributed by atoms with Crippen LogP contribution in [0.25, 0.3) is 0 Å². The van der Waals surface area contributed by atoms with Crippen LogP contribution in [0.3, 0.4) is 0 Å². The molecule has 0 saturated carbocycles. The molecule has 3 aromatic rings. The van der Waals surface area contributed by atoms with Crippen LogP contribution in [0.4, 0.5) is 5.69 Å². The first kappa shape index (κ1) is 19.6. The highest BCUT2D eigenvalue weighted by Gasteiger charge is 2.14. The molecule has 28 heavy (non-hydrogen) atoms. The van der Waals surface area contributed by atoms with Crippen molar-refractivity contribution in [2.24, 2.45) is 0 Å². The van der Waals surface area contributed by atoms with E-state index < -0.39 is 10.0 Å². The Hall–Kier alpha value is -3.19. The molecule has 0 aliphatic rings. The fourth-order valence-corrected chi connectivity index (χ4v) is 3.32. The fraction of sp³-hybridized carbons (Fsp3) is 0.143. The van der Waals surface area contributed by atoms with Crippen molar-refractivity contribution in [2.45, 2.75) is 0 Å². The first-order chi connectivity index (χ1) is 13.6. The van der Waals surface area contributed by atoms with Gasteiger partial charge in [-0.1, -0.05) is 30.3 Å². The molecule has 1 N–H and O–H groups in total. The van der Waals surface area contributed by atoms with Crippen LogP contribution in [0.15, 0.2) is 78.9 Å². The lowest BCUT2D eigenvalue weighted by molar-refractivity contribution is 0.340. The number of para-hydroxylation sites is 3. The maximum Gasteiger partial charge on any atom is 0.236 e.